The Hall–Kier alpha value is -1.57. The smallest absolute Gasteiger partial charge is 0.244 e. The fourth-order valence-electron chi connectivity index (χ4n) is 2.62. The van der Waals surface area contributed by atoms with Gasteiger partial charge in [-0.2, -0.15) is 5.26 Å². The van der Waals surface area contributed by atoms with Crippen LogP contribution in [-0.2, 0) is 9.59 Å². The molecule has 1 unspecified atom stereocenters. The van der Waals surface area contributed by atoms with Gasteiger partial charge in [0.1, 0.15) is 11.5 Å². The molecule has 1 aliphatic heterocycles. The van der Waals surface area contributed by atoms with Gasteiger partial charge in [-0.25, -0.2) is 0 Å². The number of carbonyl (C=O) groups excluding carboxylic acids is 2. The zero-order chi connectivity index (χ0) is 14.5. The van der Waals surface area contributed by atoms with Crippen molar-refractivity contribution in [3.05, 3.63) is 0 Å². The summed E-state index contributed by atoms with van der Waals surface area (Å²) >= 11 is 0. The fraction of sp³-hybridized carbons (Fsp3) is 0.786. The number of rotatable bonds is 6. The van der Waals surface area contributed by atoms with E-state index in [2.05, 4.69) is 11.4 Å². The van der Waals surface area contributed by atoms with Gasteiger partial charge < -0.3 is 10.2 Å². The van der Waals surface area contributed by atoms with Crippen LogP contribution in [0.15, 0.2) is 0 Å². The first-order valence-electron chi connectivity index (χ1n) is 6.98. The van der Waals surface area contributed by atoms with E-state index in [1.54, 1.807) is 11.9 Å². The van der Waals surface area contributed by atoms with Gasteiger partial charge in [0.2, 0.25) is 11.8 Å². The first-order chi connectivity index (χ1) is 9.00. The molecule has 0 radical (unpaired) electrons. The molecule has 19 heavy (non-hydrogen) atoms. The van der Waals surface area contributed by atoms with Crippen molar-refractivity contribution in [2.75, 3.05) is 13.6 Å². The lowest BCUT2D eigenvalue weighted by Gasteiger charge is -2.26. The summed E-state index contributed by atoms with van der Waals surface area (Å²) in [6.45, 7) is 4.58. The molecule has 1 aliphatic rings. The van der Waals surface area contributed by atoms with Crippen LogP contribution in [0.25, 0.3) is 0 Å². The minimum Gasteiger partial charge on any atom is -0.344 e. The summed E-state index contributed by atoms with van der Waals surface area (Å²) in [6.07, 6.45) is 3.26. The topological polar surface area (TPSA) is 73.2 Å². The lowest BCUT2D eigenvalue weighted by molar-refractivity contribution is -0.135. The standard InChI is InChI=1S/C14H23N3O2/c1-4-7-14(10-15,8-5-2)13(19)16-11-6-9-17(3)12(11)18/h11H,4-9H2,1-3H3,(H,16,19). The molecule has 0 aliphatic carbocycles. The molecule has 0 aromatic heterocycles. The van der Waals surface area contributed by atoms with Gasteiger partial charge >= 0.3 is 0 Å². The zero-order valence-electron chi connectivity index (χ0n) is 12.0. The highest BCUT2D eigenvalue weighted by Gasteiger charge is 2.40. The summed E-state index contributed by atoms with van der Waals surface area (Å²) in [5.41, 5.74) is -0.981. The van der Waals surface area contributed by atoms with Crippen LogP contribution in [0.4, 0.5) is 0 Å². The summed E-state index contributed by atoms with van der Waals surface area (Å²) < 4.78 is 0. The Morgan fingerprint density at radius 3 is 2.42 bits per heavy atom. The number of nitrogens with one attached hydrogen (secondary N) is 1. The predicted molar refractivity (Wildman–Crippen MR) is 72.0 cm³/mol. The molecule has 1 N–H and O–H groups in total. The van der Waals surface area contributed by atoms with Gasteiger partial charge in [-0.1, -0.05) is 26.7 Å². The summed E-state index contributed by atoms with van der Waals surface area (Å²) in [7, 11) is 1.73. The molecule has 1 heterocycles. The van der Waals surface area contributed by atoms with Gasteiger partial charge in [0.05, 0.1) is 6.07 Å². The van der Waals surface area contributed by atoms with Crippen LogP contribution < -0.4 is 5.32 Å². The van der Waals surface area contributed by atoms with E-state index in [4.69, 9.17) is 0 Å². The second-order valence-corrected chi connectivity index (χ2v) is 5.27. The SMILES string of the molecule is CCCC(C#N)(CCC)C(=O)NC1CCN(C)C1=O. The maximum absolute atomic E-state index is 12.4. The first-order valence-corrected chi connectivity index (χ1v) is 6.98. The van der Waals surface area contributed by atoms with Gasteiger partial charge in [-0.15, -0.1) is 0 Å². The second-order valence-electron chi connectivity index (χ2n) is 5.27. The number of hydrogen-bond acceptors (Lipinski definition) is 3. The van der Waals surface area contributed by atoms with Crippen molar-refractivity contribution in [2.24, 2.45) is 5.41 Å². The molecular formula is C14H23N3O2. The number of carbonyl (C=O) groups is 2. The van der Waals surface area contributed by atoms with Gasteiger partial charge in [-0.3, -0.25) is 9.59 Å². The van der Waals surface area contributed by atoms with E-state index in [-0.39, 0.29) is 11.8 Å². The molecule has 0 spiro atoms. The highest BCUT2D eigenvalue weighted by Crippen LogP contribution is 2.30. The van der Waals surface area contributed by atoms with E-state index >= 15 is 0 Å². The quantitative estimate of drug-likeness (QED) is 0.790. The van der Waals surface area contributed by atoms with Crippen molar-refractivity contribution in [3.8, 4) is 6.07 Å². The van der Waals surface area contributed by atoms with E-state index in [1.807, 2.05) is 13.8 Å². The van der Waals surface area contributed by atoms with Crippen LogP contribution in [0, 0.1) is 16.7 Å². The molecule has 106 valence electrons. The van der Waals surface area contributed by atoms with Crippen molar-refractivity contribution in [3.63, 3.8) is 0 Å². The third kappa shape index (κ3) is 3.25. The summed E-state index contributed by atoms with van der Waals surface area (Å²) in [5, 5.41) is 12.2. The molecule has 0 saturated carbocycles. The number of amides is 2. The minimum absolute atomic E-state index is 0.0619. The highest BCUT2D eigenvalue weighted by atomic mass is 16.2. The Morgan fingerprint density at radius 2 is 2.05 bits per heavy atom. The number of nitrogens with zero attached hydrogens (tertiary/aromatic N) is 2. The highest BCUT2D eigenvalue weighted by molar-refractivity contribution is 5.92. The monoisotopic (exact) mass is 265 g/mol. The van der Waals surface area contributed by atoms with Gasteiger partial charge in [0.25, 0.3) is 0 Å². The molecule has 0 bridgehead atoms. The summed E-state index contributed by atoms with van der Waals surface area (Å²) in [5.74, 6) is -0.347. The van der Waals surface area contributed by atoms with Crippen molar-refractivity contribution < 1.29 is 9.59 Å². The van der Waals surface area contributed by atoms with Gasteiger partial charge in [0.15, 0.2) is 0 Å². The van der Waals surface area contributed by atoms with Crippen molar-refractivity contribution in [2.45, 2.75) is 52.0 Å². The molecule has 1 saturated heterocycles. The largest absolute Gasteiger partial charge is 0.344 e. The second kappa shape index (κ2) is 6.55. The zero-order valence-corrected chi connectivity index (χ0v) is 12.0. The van der Waals surface area contributed by atoms with Crippen LogP contribution in [0.2, 0.25) is 0 Å². The lowest BCUT2D eigenvalue weighted by Crippen LogP contribution is -2.47. The molecule has 5 heteroatoms. The lowest BCUT2D eigenvalue weighted by atomic mass is 9.79. The summed E-state index contributed by atoms with van der Waals surface area (Å²) in [6, 6.07) is 1.72. The van der Waals surface area contributed by atoms with Crippen molar-refractivity contribution in [1.29, 1.82) is 5.26 Å². The molecule has 0 aromatic rings. The maximum atomic E-state index is 12.4. The van der Waals surface area contributed by atoms with Gasteiger partial charge in [-0.05, 0) is 19.3 Å². The molecule has 1 atom stereocenters. The number of hydrogen-bond donors (Lipinski definition) is 1. The van der Waals surface area contributed by atoms with E-state index in [9.17, 15) is 14.9 Å². The molecule has 2 amide bonds. The predicted octanol–water partition coefficient (Wildman–Crippen LogP) is 1.44. The average Bonchev–Trinajstić information content (AvgIpc) is 2.70. The third-order valence-electron chi connectivity index (χ3n) is 3.74. The van der Waals surface area contributed by atoms with Crippen LogP contribution in [0.1, 0.15) is 46.0 Å². The molecular weight excluding hydrogens is 242 g/mol. The van der Waals surface area contributed by atoms with Crippen LogP contribution >= 0.6 is 0 Å². The Bertz CT molecular complexity index is 381. The van der Waals surface area contributed by atoms with E-state index in [0.29, 0.717) is 25.8 Å². The fourth-order valence-corrected chi connectivity index (χ4v) is 2.62. The molecule has 0 aromatic carbocycles. The van der Waals surface area contributed by atoms with Crippen LogP contribution in [0.5, 0.6) is 0 Å². The Labute approximate surface area is 115 Å². The Kier molecular flexibility index (Phi) is 5.34. The molecule has 1 rings (SSSR count). The number of likely N-dealkylation sites (tertiary alicyclic amines) is 1. The van der Waals surface area contributed by atoms with E-state index in [1.165, 1.54) is 0 Å². The van der Waals surface area contributed by atoms with Gasteiger partial charge in [0, 0.05) is 13.6 Å². The normalized spacial score (nSPS) is 19.4. The van der Waals surface area contributed by atoms with Crippen LogP contribution in [-0.4, -0.2) is 36.3 Å². The number of likely N-dealkylation sites (N-methyl/N-ethyl adjacent to an activating group) is 1. The number of nitriles is 1. The van der Waals surface area contributed by atoms with Crippen molar-refractivity contribution >= 4 is 11.8 Å². The molecule has 1 fully saturated rings. The first kappa shape index (κ1) is 15.5. The third-order valence-corrected chi connectivity index (χ3v) is 3.74. The Morgan fingerprint density at radius 1 is 1.47 bits per heavy atom. The maximum Gasteiger partial charge on any atom is 0.244 e. The Balaban J connectivity index is 2.78. The average molecular weight is 265 g/mol. The van der Waals surface area contributed by atoms with E-state index < -0.39 is 11.5 Å². The van der Waals surface area contributed by atoms with Crippen LogP contribution in [0.3, 0.4) is 0 Å². The minimum atomic E-state index is -0.981. The van der Waals surface area contributed by atoms with Crippen molar-refractivity contribution in [1.82, 2.24) is 10.2 Å². The van der Waals surface area contributed by atoms with E-state index in [0.717, 1.165) is 12.8 Å². The summed E-state index contributed by atoms with van der Waals surface area (Å²) in [4.78, 5) is 25.8. The molecule has 5 nitrogen and oxygen atoms in total.